The summed E-state index contributed by atoms with van der Waals surface area (Å²) in [5.74, 6) is 1.03. The van der Waals surface area contributed by atoms with Crippen molar-refractivity contribution >= 4 is 16.9 Å². The van der Waals surface area contributed by atoms with E-state index >= 15 is 0 Å². The summed E-state index contributed by atoms with van der Waals surface area (Å²) in [6, 6.07) is 10.4. The molecule has 4 heteroatoms. The van der Waals surface area contributed by atoms with Gasteiger partial charge in [0.2, 0.25) is 0 Å². The van der Waals surface area contributed by atoms with Crippen molar-refractivity contribution < 1.29 is 0 Å². The Balaban J connectivity index is 2.14. The van der Waals surface area contributed by atoms with E-state index in [1.54, 1.807) is 11.3 Å². The fourth-order valence-corrected chi connectivity index (χ4v) is 2.85. The molecular formula is C14H15N3S. The molecule has 0 aromatic carbocycles. The number of aryl methyl sites for hydroxylation is 1. The fourth-order valence-electron chi connectivity index (χ4n) is 2.14. The molecule has 0 saturated carbocycles. The molecule has 3 aromatic heterocycles. The normalized spacial score (nSPS) is 11.2. The molecular weight excluding hydrogens is 242 g/mol. The van der Waals surface area contributed by atoms with Gasteiger partial charge in [0.15, 0.2) is 5.82 Å². The van der Waals surface area contributed by atoms with E-state index in [1.165, 1.54) is 10.4 Å². The summed E-state index contributed by atoms with van der Waals surface area (Å²) < 4.78 is 2.16. The number of nitrogens with zero attached hydrogens (tertiary/aromatic N) is 2. The van der Waals surface area contributed by atoms with Crippen LogP contribution in [0.25, 0.3) is 16.2 Å². The molecule has 18 heavy (non-hydrogen) atoms. The third-order valence-electron chi connectivity index (χ3n) is 2.98. The second-order valence-electron chi connectivity index (χ2n) is 4.21. The van der Waals surface area contributed by atoms with E-state index in [2.05, 4.69) is 40.2 Å². The van der Waals surface area contributed by atoms with Crippen LogP contribution in [0.1, 0.15) is 12.1 Å². The summed E-state index contributed by atoms with van der Waals surface area (Å²) in [7, 11) is 0. The maximum absolute atomic E-state index is 5.59. The van der Waals surface area contributed by atoms with E-state index in [9.17, 15) is 0 Å². The van der Waals surface area contributed by atoms with Gasteiger partial charge < -0.3 is 5.73 Å². The number of imidazole rings is 1. The Morgan fingerprint density at radius 3 is 2.94 bits per heavy atom. The first-order chi connectivity index (χ1) is 8.90. The first-order valence-corrected chi connectivity index (χ1v) is 6.98. The second kappa shape index (κ2) is 4.92. The fraction of sp³-hybridized carbons (Fsp3) is 0.214. The van der Waals surface area contributed by atoms with Crippen molar-refractivity contribution in [3.63, 3.8) is 0 Å². The zero-order valence-corrected chi connectivity index (χ0v) is 10.9. The Morgan fingerprint density at radius 1 is 1.22 bits per heavy atom. The maximum Gasteiger partial charge on any atom is 0.154 e. The zero-order chi connectivity index (χ0) is 12.4. The van der Waals surface area contributed by atoms with E-state index in [1.807, 2.05) is 6.07 Å². The molecule has 0 unspecified atom stereocenters. The molecule has 0 radical (unpaired) electrons. The van der Waals surface area contributed by atoms with Crippen molar-refractivity contribution in [1.82, 2.24) is 9.38 Å². The van der Waals surface area contributed by atoms with Crippen LogP contribution < -0.4 is 5.73 Å². The van der Waals surface area contributed by atoms with E-state index < -0.39 is 0 Å². The Morgan fingerprint density at radius 2 is 2.17 bits per heavy atom. The van der Waals surface area contributed by atoms with Crippen molar-refractivity contribution in [3.8, 4) is 10.7 Å². The van der Waals surface area contributed by atoms with Crippen molar-refractivity contribution in [2.45, 2.75) is 12.8 Å². The molecule has 3 heterocycles. The highest BCUT2D eigenvalue weighted by Gasteiger charge is 2.12. The first-order valence-electron chi connectivity index (χ1n) is 6.10. The van der Waals surface area contributed by atoms with Gasteiger partial charge in [0, 0.05) is 6.20 Å². The molecule has 92 valence electrons. The predicted molar refractivity (Wildman–Crippen MR) is 75.9 cm³/mol. The molecule has 3 rings (SSSR count). The third kappa shape index (κ3) is 1.94. The average Bonchev–Trinajstić information content (AvgIpc) is 3.04. The topological polar surface area (TPSA) is 43.3 Å². The molecule has 3 aromatic rings. The first kappa shape index (κ1) is 11.4. The zero-order valence-electron chi connectivity index (χ0n) is 10.0. The van der Waals surface area contributed by atoms with Gasteiger partial charge in [-0.2, -0.15) is 0 Å². The molecule has 0 spiro atoms. The Bertz CT molecular complexity index is 640. The monoisotopic (exact) mass is 257 g/mol. The van der Waals surface area contributed by atoms with E-state index in [-0.39, 0.29) is 0 Å². The van der Waals surface area contributed by atoms with Gasteiger partial charge in [-0.25, -0.2) is 4.98 Å². The highest BCUT2D eigenvalue weighted by molar-refractivity contribution is 7.13. The molecule has 3 nitrogen and oxygen atoms in total. The average molecular weight is 257 g/mol. The predicted octanol–water partition coefficient (Wildman–Crippen LogP) is 2.95. The molecule has 0 saturated heterocycles. The summed E-state index contributed by atoms with van der Waals surface area (Å²) in [6.45, 7) is 0.709. The van der Waals surface area contributed by atoms with E-state index in [4.69, 9.17) is 10.7 Å². The molecule has 0 atom stereocenters. The molecule has 0 aliphatic heterocycles. The molecule has 0 bridgehead atoms. The second-order valence-corrected chi connectivity index (χ2v) is 5.16. The van der Waals surface area contributed by atoms with Gasteiger partial charge in [-0.1, -0.05) is 12.1 Å². The highest BCUT2D eigenvalue weighted by Crippen LogP contribution is 2.26. The third-order valence-corrected chi connectivity index (χ3v) is 3.85. The number of pyridine rings is 1. The van der Waals surface area contributed by atoms with Crippen LogP contribution in [-0.4, -0.2) is 15.9 Å². The number of hydrogen-bond donors (Lipinski definition) is 1. The van der Waals surface area contributed by atoms with Gasteiger partial charge in [-0.3, -0.25) is 4.40 Å². The minimum atomic E-state index is 0.709. The van der Waals surface area contributed by atoms with Gasteiger partial charge in [0.25, 0.3) is 0 Å². The lowest BCUT2D eigenvalue weighted by molar-refractivity contribution is 0.820. The summed E-state index contributed by atoms with van der Waals surface area (Å²) in [6.07, 6.45) is 3.99. The van der Waals surface area contributed by atoms with Crippen LogP contribution in [0.15, 0.2) is 41.9 Å². The molecule has 0 aliphatic carbocycles. The van der Waals surface area contributed by atoms with Crippen LogP contribution in [0, 0.1) is 0 Å². The lowest BCUT2D eigenvalue weighted by atomic mass is 10.2. The molecule has 0 amide bonds. The Labute approximate surface area is 110 Å². The Kier molecular flexibility index (Phi) is 3.13. The van der Waals surface area contributed by atoms with Crippen LogP contribution in [0.4, 0.5) is 0 Å². The van der Waals surface area contributed by atoms with Gasteiger partial charge in [-0.15, -0.1) is 11.3 Å². The lowest BCUT2D eigenvalue weighted by Gasteiger charge is -1.97. The Hall–Kier alpha value is -1.65. The summed E-state index contributed by atoms with van der Waals surface area (Å²) in [4.78, 5) is 5.99. The highest BCUT2D eigenvalue weighted by atomic mass is 32.1. The van der Waals surface area contributed by atoms with Crippen LogP contribution in [0.3, 0.4) is 0 Å². The number of hydrogen-bond acceptors (Lipinski definition) is 3. The molecule has 2 N–H and O–H groups in total. The quantitative estimate of drug-likeness (QED) is 0.781. The number of thiophene rings is 1. The summed E-state index contributed by atoms with van der Waals surface area (Å²) in [5, 5.41) is 2.08. The molecule has 0 fully saturated rings. The molecule has 0 aliphatic rings. The number of fused-ring (bicyclic) bond motifs is 1. The van der Waals surface area contributed by atoms with Gasteiger partial charge in [0.05, 0.1) is 16.1 Å². The largest absolute Gasteiger partial charge is 0.330 e. The van der Waals surface area contributed by atoms with Crippen molar-refractivity contribution in [2.75, 3.05) is 6.54 Å². The van der Waals surface area contributed by atoms with Gasteiger partial charge in [0.1, 0.15) is 0 Å². The van der Waals surface area contributed by atoms with Crippen LogP contribution in [0.5, 0.6) is 0 Å². The number of nitrogens with two attached hydrogens (primary N) is 1. The van der Waals surface area contributed by atoms with Gasteiger partial charge in [-0.05, 0) is 43.0 Å². The van der Waals surface area contributed by atoms with Crippen molar-refractivity contribution in [3.05, 3.63) is 47.6 Å². The van der Waals surface area contributed by atoms with E-state index in [0.29, 0.717) is 6.54 Å². The summed E-state index contributed by atoms with van der Waals surface area (Å²) >= 11 is 1.72. The summed E-state index contributed by atoms with van der Waals surface area (Å²) in [5.41, 5.74) is 7.92. The van der Waals surface area contributed by atoms with Crippen LogP contribution in [-0.2, 0) is 6.42 Å². The smallest absolute Gasteiger partial charge is 0.154 e. The van der Waals surface area contributed by atoms with E-state index in [0.717, 1.165) is 24.4 Å². The number of rotatable bonds is 4. The van der Waals surface area contributed by atoms with Gasteiger partial charge >= 0.3 is 0 Å². The van der Waals surface area contributed by atoms with Crippen LogP contribution in [0.2, 0.25) is 0 Å². The van der Waals surface area contributed by atoms with Crippen molar-refractivity contribution in [1.29, 1.82) is 0 Å². The number of aromatic nitrogens is 2. The lowest BCUT2D eigenvalue weighted by Crippen LogP contribution is -2.00. The standard InChI is InChI=1S/C14H15N3S/c15-8-3-5-11-12-6-1-2-9-17(12)14(16-11)13-7-4-10-18-13/h1-2,4,6-7,9-10H,3,5,8,15H2. The van der Waals surface area contributed by atoms with Crippen LogP contribution >= 0.6 is 11.3 Å². The minimum Gasteiger partial charge on any atom is -0.330 e. The van der Waals surface area contributed by atoms with Crippen molar-refractivity contribution in [2.24, 2.45) is 5.73 Å². The maximum atomic E-state index is 5.59. The SMILES string of the molecule is NCCCc1nc(-c2cccs2)n2ccccc12. The minimum absolute atomic E-state index is 0.709.